The molecule has 0 aliphatic carbocycles. The summed E-state index contributed by atoms with van der Waals surface area (Å²) in [5, 5.41) is 6.99. The zero-order valence-electron chi connectivity index (χ0n) is 15.5. The Labute approximate surface area is 157 Å². The standard InChI is InChI=1S/C19H25N3O5/c1-13-6-16(27-21-13)7-14-10-25-12-18(14)20-19(23)15-8-17(26-11-15)9-22-2-4-24-5-3-22/h6,8,11,14,18H,2-5,7,9-10,12H2,1H3,(H,20,23). The lowest BCUT2D eigenvalue weighted by molar-refractivity contribution is 0.0313. The van der Waals surface area contributed by atoms with Gasteiger partial charge in [-0.3, -0.25) is 9.69 Å². The molecule has 0 aromatic carbocycles. The second-order valence-electron chi connectivity index (χ2n) is 7.21. The van der Waals surface area contributed by atoms with E-state index in [0.717, 1.165) is 43.5 Å². The molecule has 27 heavy (non-hydrogen) atoms. The third kappa shape index (κ3) is 4.58. The molecule has 0 saturated carbocycles. The normalized spacial score (nSPS) is 23.6. The monoisotopic (exact) mass is 375 g/mol. The molecule has 2 aromatic rings. The van der Waals surface area contributed by atoms with Crippen LogP contribution in [0.1, 0.15) is 27.6 Å². The van der Waals surface area contributed by atoms with Crippen LogP contribution in [-0.2, 0) is 22.4 Å². The molecule has 4 rings (SSSR count). The van der Waals surface area contributed by atoms with Gasteiger partial charge < -0.3 is 23.7 Å². The van der Waals surface area contributed by atoms with Gasteiger partial charge in [0.25, 0.3) is 5.91 Å². The predicted octanol–water partition coefficient (Wildman–Crippen LogP) is 1.40. The number of carbonyl (C=O) groups excluding carboxylic acids is 1. The van der Waals surface area contributed by atoms with Gasteiger partial charge in [0.1, 0.15) is 17.8 Å². The van der Waals surface area contributed by atoms with E-state index in [1.807, 2.05) is 19.1 Å². The topological polar surface area (TPSA) is 90.0 Å². The van der Waals surface area contributed by atoms with Gasteiger partial charge in [-0.2, -0.15) is 0 Å². The minimum Gasteiger partial charge on any atom is -0.467 e. The zero-order valence-corrected chi connectivity index (χ0v) is 15.5. The number of aromatic nitrogens is 1. The number of nitrogens with one attached hydrogen (secondary N) is 1. The van der Waals surface area contributed by atoms with E-state index in [4.69, 9.17) is 18.4 Å². The molecule has 8 heteroatoms. The summed E-state index contributed by atoms with van der Waals surface area (Å²) in [5.74, 6) is 1.64. The Morgan fingerprint density at radius 1 is 1.22 bits per heavy atom. The van der Waals surface area contributed by atoms with Crippen molar-refractivity contribution in [3.8, 4) is 0 Å². The first-order valence-corrected chi connectivity index (χ1v) is 9.35. The van der Waals surface area contributed by atoms with E-state index >= 15 is 0 Å². The van der Waals surface area contributed by atoms with Gasteiger partial charge in [-0.1, -0.05) is 5.16 Å². The van der Waals surface area contributed by atoms with Crippen molar-refractivity contribution in [2.24, 2.45) is 5.92 Å². The second-order valence-corrected chi connectivity index (χ2v) is 7.21. The Kier molecular flexibility index (Phi) is 5.56. The van der Waals surface area contributed by atoms with Crippen molar-refractivity contribution in [1.82, 2.24) is 15.4 Å². The Balaban J connectivity index is 1.32. The minimum absolute atomic E-state index is 0.0551. The number of hydrogen-bond donors (Lipinski definition) is 1. The number of rotatable bonds is 6. The van der Waals surface area contributed by atoms with Crippen LogP contribution in [0.25, 0.3) is 0 Å². The van der Waals surface area contributed by atoms with Crippen LogP contribution < -0.4 is 5.32 Å². The molecule has 2 atom stereocenters. The van der Waals surface area contributed by atoms with Gasteiger partial charge in [0.15, 0.2) is 0 Å². The lowest BCUT2D eigenvalue weighted by Gasteiger charge is -2.25. The predicted molar refractivity (Wildman–Crippen MR) is 95.3 cm³/mol. The van der Waals surface area contributed by atoms with Crippen LogP contribution in [0.4, 0.5) is 0 Å². The van der Waals surface area contributed by atoms with Crippen LogP contribution in [0, 0.1) is 12.8 Å². The lowest BCUT2D eigenvalue weighted by Crippen LogP contribution is -2.40. The molecule has 0 spiro atoms. The fraction of sp³-hybridized carbons (Fsp3) is 0.579. The summed E-state index contributed by atoms with van der Waals surface area (Å²) in [6, 6.07) is 3.68. The van der Waals surface area contributed by atoms with Crippen molar-refractivity contribution in [2.45, 2.75) is 25.9 Å². The van der Waals surface area contributed by atoms with Gasteiger partial charge in [-0.25, -0.2) is 0 Å². The number of furan rings is 1. The molecule has 146 valence electrons. The number of morpholine rings is 1. The molecule has 0 radical (unpaired) electrons. The molecular weight excluding hydrogens is 350 g/mol. The van der Waals surface area contributed by atoms with E-state index in [-0.39, 0.29) is 17.9 Å². The van der Waals surface area contributed by atoms with E-state index in [0.29, 0.717) is 31.7 Å². The summed E-state index contributed by atoms with van der Waals surface area (Å²) < 4.78 is 21.8. The van der Waals surface area contributed by atoms with Gasteiger partial charge in [0, 0.05) is 31.5 Å². The molecular formula is C19H25N3O5. The largest absolute Gasteiger partial charge is 0.467 e. The average Bonchev–Trinajstić information content (AvgIpc) is 3.39. The molecule has 1 N–H and O–H groups in total. The first-order chi connectivity index (χ1) is 13.2. The molecule has 8 nitrogen and oxygen atoms in total. The molecule has 2 fully saturated rings. The molecule has 0 bridgehead atoms. The molecule has 1 amide bonds. The number of ether oxygens (including phenoxy) is 2. The van der Waals surface area contributed by atoms with Crippen molar-refractivity contribution < 1.29 is 23.2 Å². The van der Waals surface area contributed by atoms with E-state index in [2.05, 4.69) is 15.4 Å². The van der Waals surface area contributed by atoms with E-state index in [1.54, 1.807) is 0 Å². The van der Waals surface area contributed by atoms with Crippen LogP contribution in [0.15, 0.2) is 27.3 Å². The van der Waals surface area contributed by atoms with E-state index in [9.17, 15) is 4.79 Å². The van der Waals surface area contributed by atoms with Crippen molar-refractivity contribution in [3.05, 3.63) is 41.2 Å². The van der Waals surface area contributed by atoms with Crippen LogP contribution in [0.5, 0.6) is 0 Å². The number of amides is 1. The van der Waals surface area contributed by atoms with Crippen LogP contribution in [-0.4, -0.2) is 61.5 Å². The van der Waals surface area contributed by atoms with Gasteiger partial charge in [-0.05, 0) is 13.0 Å². The van der Waals surface area contributed by atoms with Crippen molar-refractivity contribution >= 4 is 5.91 Å². The summed E-state index contributed by atoms with van der Waals surface area (Å²) in [6.45, 7) is 6.92. The summed E-state index contributed by atoms with van der Waals surface area (Å²) >= 11 is 0. The molecule has 4 heterocycles. The summed E-state index contributed by atoms with van der Waals surface area (Å²) in [5.41, 5.74) is 1.40. The van der Waals surface area contributed by atoms with Gasteiger partial charge in [-0.15, -0.1) is 0 Å². The van der Waals surface area contributed by atoms with Crippen LogP contribution in [0.3, 0.4) is 0 Å². The quantitative estimate of drug-likeness (QED) is 0.816. The number of hydrogen-bond acceptors (Lipinski definition) is 7. The second kappa shape index (κ2) is 8.24. The summed E-state index contributed by atoms with van der Waals surface area (Å²) in [6.07, 6.45) is 2.22. The highest BCUT2D eigenvalue weighted by atomic mass is 16.5. The fourth-order valence-corrected chi connectivity index (χ4v) is 3.54. The Morgan fingerprint density at radius 2 is 2.07 bits per heavy atom. The van der Waals surface area contributed by atoms with Crippen LogP contribution in [0.2, 0.25) is 0 Å². The van der Waals surface area contributed by atoms with Crippen LogP contribution >= 0.6 is 0 Å². The average molecular weight is 375 g/mol. The first-order valence-electron chi connectivity index (χ1n) is 9.35. The Hall–Kier alpha value is -2.16. The molecule has 2 aliphatic heterocycles. The minimum atomic E-state index is -0.138. The number of carbonyl (C=O) groups is 1. The van der Waals surface area contributed by atoms with Crippen molar-refractivity contribution in [2.75, 3.05) is 39.5 Å². The lowest BCUT2D eigenvalue weighted by atomic mass is 9.98. The summed E-state index contributed by atoms with van der Waals surface area (Å²) in [4.78, 5) is 14.9. The maximum absolute atomic E-state index is 12.6. The molecule has 2 aromatic heterocycles. The smallest absolute Gasteiger partial charge is 0.254 e. The highest BCUT2D eigenvalue weighted by molar-refractivity contribution is 5.94. The highest BCUT2D eigenvalue weighted by Crippen LogP contribution is 2.21. The first kappa shape index (κ1) is 18.2. The van der Waals surface area contributed by atoms with Crippen molar-refractivity contribution in [3.63, 3.8) is 0 Å². The number of aryl methyl sites for hydroxylation is 1. The summed E-state index contributed by atoms with van der Waals surface area (Å²) in [7, 11) is 0. The maximum atomic E-state index is 12.6. The third-order valence-corrected chi connectivity index (χ3v) is 5.05. The Bertz CT molecular complexity index is 765. The Morgan fingerprint density at radius 3 is 2.85 bits per heavy atom. The van der Waals surface area contributed by atoms with E-state index < -0.39 is 0 Å². The zero-order chi connectivity index (χ0) is 18.6. The molecule has 2 aliphatic rings. The maximum Gasteiger partial charge on any atom is 0.254 e. The van der Waals surface area contributed by atoms with Gasteiger partial charge in [0.05, 0.1) is 50.3 Å². The van der Waals surface area contributed by atoms with Crippen molar-refractivity contribution in [1.29, 1.82) is 0 Å². The highest BCUT2D eigenvalue weighted by Gasteiger charge is 2.31. The van der Waals surface area contributed by atoms with Gasteiger partial charge in [0.2, 0.25) is 0 Å². The van der Waals surface area contributed by atoms with E-state index in [1.165, 1.54) is 6.26 Å². The molecule has 2 saturated heterocycles. The SMILES string of the molecule is Cc1cc(CC2COCC2NC(=O)c2coc(CN3CCOCC3)c2)on1. The molecule has 2 unspecified atom stereocenters. The fourth-order valence-electron chi connectivity index (χ4n) is 3.54. The number of nitrogens with zero attached hydrogens (tertiary/aromatic N) is 2. The van der Waals surface area contributed by atoms with Gasteiger partial charge >= 0.3 is 0 Å². The third-order valence-electron chi connectivity index (χ3n) is 5.05.